The molecule has 0 aliphatic rings. The van der Waals surface area contributed by atoms with Crippen molar-refractivity contribution in [1.29, 1.82) is 0 Å². The molecule has 0 aromatic heterocycles. The zero-order valence-electron chi connectivity index (χ0n) is 53.2. The van der Waals surface area contributed by atoms with Gasteiger partial charge in [0.15, 0.2) is 12.2 Å². The molecule has 0 radical (unpaired) electrons. The van der Waals surface area contributed by atoms with Gasteiger partial charge >= 0.3 is 39.5 Å². The summed E-state index contributed by atoms with van der Waals surface area (Å²) in [6, 6.07) is 0. The number of aliphatic hydroxyl groups is 1. The summed E-state index contributed by atoms with van der Waals surface area (Å²) in [5, 5.41) is 10.5. The molecule has 0 fully saturated rings. The van der Waals surface area contributed by atoms with Crippen molar-refractivity contribution in [2.75, 3.05) is 39.6 Å². The SMILES string of the molecule is CCCCCCCCCCCCCCCCCC(=O)OC[C@H](COP(=O)(O)OC[C@H](O)COP(=O)(O)OC[C@@H](COC(=O)CCCCCCCCC)OC(=O)CCCCCCCCCCCCCCCCC)OC(=O)CCCCCCCC. The monoisotopic (exact) mass is 1230 g/mol. The molecular weight excluding hydrogens is 1100 g/mol. The second kappa shape index (κ2) is 59.0. The largest absolute Gasteiger partial charge is 0.472 e. The number of ether oxygens (including phenoxy) is 4. The Morgan fingerprint density at radius 3 is 0.711 bits per heavy atom. The fourth-order valence-electron chi connectivity index (χ4n) is 9.63. The van der Waals surface area contributed by atoms with Crippen LogP contribution in [0.2, 0.25) is 0 Å². The Bertz CT molecular complexity index is 1600. The third kappa shape index (κ3) is 58.8. The lowest BCUT2D eigenvalue weighted by Gasteiger charge is -2.21. The number of rotatable bonds is 65. The quantitative estimate of drug-likeness (QED) is 0.0222. The summed E-state index contributed by atoms with van der Waals surface area (Å²) >= 11 is 0. The van der Waals surface area contributed by atoms with Crippen LogP contribution in [-0.4, -0.2) is 96.7 Å². The van der Waals surface area contributed by atoms with Crippen LogP contribution in [0.15, 0.2) is 0 Å². The number of hydrogen-bond donors (Lipinski definition) is 3. The van der Waals surface area contributed by atoms with E-state index in [9.17, 15) is 43.2 Å². The Hall–Kier alpha value is -1.94. The molecule has 0 saturated carbocycles. The Morgan fingerprint density at radius 1 is 0.289 bits per heavy atom. The molecule has 0 rings (SSSR count). The smallest absolute Gasteiger partial charge is 0.462 e. The highest BCUT2D eigenvalue weighted by molar-refractivity contribution is 7.47. The summed E-state index contributed by atoms with van der Waals surface area (Å²) in [7, 11) is -9.87. The summed E-state index contributed by atoms with van der Waals surface area (Å²) in [6.07, 6.45) is 44.8. The maximum absolute atomic E-state index is 12.9. The molecule has 17 nitrogen and oxygen atoms in total. The zero-order chi connectivity index (χ0) is 61.2. The van der Waals surface area contributed by atoms with Crippen LogP contribution >= 0.6 is 15.6 Å². The van der Waals surface area contributed by atoms with Gasteiger partial charge in [-0.1, -0.05) is 278 Å². The molecule has 0 aromatic rings. The van der Waals surface area contributed by atoms with Crippen molar-refractivity contribution in [3.05, 3.63) is 0 Å². The molecule has 0 bridgehead atoms. The highest BCUT2D eigenvalue weighted by Crippen LogP contribution is 2.45. The first-order chi connectivity index (χ1) is 40.2. The lowest BCUT2D eigenvalue weighted by molar-refractivity contribution is -0.161. The average Bonchev–Trinajstić information content (AvgIpc) is 3.50. The standard InChI is InChI=1S/C64H124O17P2/c1-5-9-13-17-21-23-25-27-29-31-33-35-38-42-45-49-62(67)75-54-59(80-63(68)50-46-40-20-16-12-8-4)56-78-82(70,71)76-52-58(65)53-77-83(72,73)79-57-60(55-74-61(66)48-44-41-37-19-15-11-7-3)81-64(69)51-47-43-39-36-34-32-30-28-26-24-22-18-14-10-6-2/h58-60,65H,5-57H2,1-4H3,(H,70,71)(H,72,73)/t58-,59+,60+/m0/s1. The highest BCUT2D eigenvalue weighted by atomic mass is 31.2. The van der Waals surface area contributed by atoms with Crippen molar-refractivity contribution in [3.63, 3.8) is 0 Å². The summed E-state index contributed by atoms with van der Waals surface area (Å²) in [5.74, 6) is -2.14. The molecule has 2 unspecified atom stereocenters. The van der Waals surface area contributed by atoms with Crippen LogP contribution in [0.1, 0.15) is 329 Å². The van der Waals surface area contributed by atoms with E-state index < -0.39 is 97.5 Å². The number of unbranched alkanes of at least 4 members (excludes halogenated alkanes) is 39. The summed E-state index contributed by atoms with van der Waals surface area (Å²) in [5.41, 5.74) is 0. The van der Waals surface area contributed by atoms with Crippen LogP contribution in [0.5, 0.6) is 0 Å². The van der Waals surface area contributed by atoms with Crippen LogP contribution in [-0.2, 0) is 65.4 Å². The van der Waals surface area contributed by atoms with E-state index in [1.54, 1.807) is 0 Å². The van der Waals surface area contributed by atoms with E-state index in [0.29, 0.717) is 25.7 Å². The molecule has 19 heteroatoms. The number of hydrogen-bond acceptors (Lipinski definition) is 15. The van der Waals surface area contributed by atoms with Crippen LogP contribution in [0, 0.1) is 0 Å². The van der Waals surface area contributed by atoms with Gasteiger partial charge < -0.3 is 33.8 Å². The molecular formula is C64H124O17P2. The van der Waals surface area contributed by atoms with Crippen molar-refractivity contribution >= 4 is 39.5 Å². The fraction of sp³-hybridized carbons (Fsp3) is 0.938. The minimum atomic E-state index is -4.94. The van der Waals surface area contributed by atoms with Gasteiger partial charge in [0.25, 0.3) is 0 Å². The number of carbonyl (C=O) groups is 4. The molecule has 5 atom stereocenters. The summed E-state index contributed by atoms with van der Waals surface area (Å²) in [4.78, 5) is 71.9. The number of aliphatic hydroxyl groups excluding tert-OH is 1. The molecule has 3 N–H and O–H groups in total. The van der Waals surface area contributed by atoms with Gasteiger partial charge in [-0.3, -0.25) is 37.3 Å². The summed E-state index contributed by atoms with van der Waals surface area (Å²) in [6.45, 7) is 4.80. The van der Waals surface area contributed by atoms with E-state index in [1.807, 2.05) is 0 Å². The molecule has 492 valence electrons. The maximum Gasteiger partial charge on any atom is 0.472 e. The average molecular weight is 1230 g/mol. The number of carbonyl (C=O) groups excluding carboxylic acids is 4. The van der Waals surface area contributed by atoms with Crippen molar-refractivity contribution in [2.24, 2.45) is 0 Å². The number of phosphoric ester groups is 2. The molecule has 0 spiro atoms. The Labute approximate surface area is 505 Å². The molecule has 0 heterocycles. The van der Waals surface area contributed by atoms with Gasteiger partial charge in [-0.2, -0.15) is 0 Å². The van der Waals surface area contributed by atoms with E-state index in [4.69, 9.17) is 37.0 Å². The van der Waals surface area contributed by atoms with Crippen LogP contribution in [0.3, 0.4) is 0 Å². The summed E-state index contributed by atoms with van der Waals surface area (Å²) < 4.78 is 67.8. The lowest BCUT2D eigenvalue weighted by atomic mass is 10.0. The van der Waals surface area contributed by atoms with Gasteiger partial charge in [0.05, 0.1) is 26.4 Å². The van der Waals surface area contributed by atoms with E-state index >= 15 is 0 Å². The molecule has 0 aliphatic carbocycles. The van der Waals surface area contributed by atoms with Gasteiger partial charge in [0.2, 0.25) is 0 Å². The first-order valence-corrected chi connectivity index (χ1v) is 36.8. The van der Waals surface area contributed by atoms with E-state index in [-0.39, 0.29) is 25.7 Å². The predicted octanol–water partition coefficient (Wildman–Crippen LogP) is 17.9. The van der Waals surface area contributed by atoms with Gasteiger partial charge in [-0.25, -0.2) is 9.13 Å². The van der Waals surface area contributed by atoms with Gasteiger partial charge in [0, 0.05) is 25.7 Å². The number of esters is 4. The van der Waals surface area contributed by atoms with Crippen molar-refractivity contribution in [3.8, 4) is 0 Å². The maximum atomic E-state index is 12.9. The van der Waals surface area contributed by atoms with E-state index in [1.165, 1.54) is 141 Å². The predicted molar refractivity (Wildman–Crippen MR) is 331 cm³/mol. The van der Waals surface area contributed by atoms with Crippen molar-refractivity contribution in [2.45, 2.75) is 348 Å². The van der Waals surface area contributed by atoms with E-state index in [0.717, 1.165) is 109 Å². The fourth-order valence-corrected chi connectivity index (χ4v) is 11.2. The number of phosphoric acid groups is 2. The molecule has 0 aromatic carbocycles. The normalized spacial score (nSPS) is 14.2. The van der Waals surface area contributed by atoms with Gasteiger partial charge in [0.1, 0.15) is 19.3 Å². The first kappa shape index (κ1) is 81.1. The zero-order valence-corrected chi connectivity index (χ0v) is 54.9. The third-order valence-electron chi connectivity index (χ3n) is 14.9. The second-order valence-electron chi connectivity index (χ2n) is 23.2. The Balaban J connectivity index is 5.07. The van der Waals surface area contributed by atoms with Crippen LogP contribution in [0.4, 0.5) is 0 Å². The Kier molecular flexibility index (Phi) is 57.7. The highest BCUT2D eigenvalue weighted by Gasteiger charge is 2.30. The molecule has 0 saturated heterocycles. The van der Waals surface area contributed by atoms with Crippen LogP contribution < -0.4 is 0 Å². The van der Waals surface area contributed by atoms with Crippen LogP contribution in [0.25, 0.3) is 0 Å². The first-order valence-electron chi connectivity index (χ1n) is 33.8. The Morgan fingerprint density at radius 2 is 0.482 bits per heavy atom. The van der Waals surface area contributed by atoms with Gasteiger partial charge in [-0.15, -0.1) is 0 Å². The second-order valence-corrected chi connectivity index (χ2v) is 26.1. The van der Waals surface area contributed by atoms with E-state index in [2.05, 4.69) is 27.7 Å². The van der Waals surface area contributed by atoms with Gasteiger partial charge in [-0.05, 0) is 25.7 Å². The van der Waals surface area contributed by atoms with Crippen molar-refractivity contribution < 1.29 is 80.2 Å². The molecule has 0 amide bonds. The lowest BCUT2D eigenvalue weighted by Crippen LogP contribution is -2.30. The third-order valence-corrected chi connectivity index (χ3v) is 16.8. The van der Waals surface area contributed by atoms with Crippen molar-refractivity contribution in [1.82, 2.24) is 0 Å². The minimum Gasteiger partial charge on any atom is -0.462 e. The molecule has 0 aliphatic heterocycles. The minimum absolute atomic E-state index is 0.103. The topological polar surface area (TPSA) is 237 Å². The molecule has 83 heavy (non-hydrogen) atoms.